The second kappa shape index (κ2) is 4.99. The molecule has 0 aliphatic heterocycles. The molecule has 0 saturated heterocycles. The van der Waals surface area contributed by atoms with Gasteiger partial charge in [0.15, 0.2) is 6.29 Å². The molecule has 0 spiro atoms. The number of aryl methyl sites for hydroxylation is 1. The molecule has 0 aliphatic carbocycles. The van der Waals surface area contributed by atoms with Gasteiger partial charge in [-0.05, 0) is 32.9 Å². The first-order valence-electron chi connectivity index (χ1n) is 5.29. The van der Waals surface area contributed by atoms with E-state index in [0.717, 1.165) is 5.56 Å². The lowest BCUT2D eigenvalue weighted by Crippen LogP contribution is -2.30. The van der Waals surface area contributed by atoms with Crippen LogP contribution in [-0.4, -0.2) is 24.0 Å². The van der Waals surface area contributed by atoms with Gasteiger partial charge in [0.25, 0.3) is 0 Å². The number of carboxylic acid groups (broad SMARTS) is 1. The van der Waals surface area contributed by atoms with Crippen LogP contribution in [0.15, 0.2) is 18.2 Å². The zero-order chi connectivity index (χ0) is 13.1. The Bertz CT molecular complexity index is 435. The fourth-order valence-corrected chi connectivity index (χ4v) is 1.21. The monoisotopic (exact) mass is 236 g/mol. The molecule has 1 rings (SSSR count). The largest absolute Gasteiger partial charge is 0.492 e. The number of aliphatic carboxylic acids is 1. The van der Waals surface area contributed by atoms with E-state index in [1.165, 1.54) is 0 Å². The summed E-state index contributed by atoms with van der Waals surface area (Å²) < 4.78 is 5.40. The summed E-state index contributed by atoms with van der Waals surface area (Å²) in [5.74, 6) is -0.516. The van der Waals surface area contributed by atoms with Gasteiger partial charge in [-0.2, -0.15) is 0 Å². The van der Waals surface area contributed by atoms with Crippen LogP contribution in [0.1, 0.15) is 29.8 Å². The van der Waals surface area contributed by atoms with Crippen LogP contribution in [0.25, 0.3) is 0 Å². The number of carbonyl (C=O) groups excluding carboxylic acids is 1. The van der Waals surface area contributed by atoms with Crippen molar-refractivity contribution in [2.24, 2.45) is 5.41 Å². The van der Waals surface area contributed by atoms with Gasteiger partial charge in [-0.1, -0.05) is 11.6 Å². The summed E-state index contributed by atoms with van der Waals surface area (Å²) in [6.07, 6.45) is 0.704. The van der Waals surface area contributed by atoms with Crippen LogP contribution < -0.4 is 4.74 Å². The third-order valence-corrected chi connectivity index (χ3v) is 2.46. The second-order valence-corrected chi connectivity index (χ2v) is 4.64. The molecule has 0 atom stereocenters. The van der Waals surface area contributed by atoms with Crippen LogP contribution in [0.2, 0.25) is 0 Å². The molecule has 92 valence electrons. The van der Waals surface area contributed by atoms with Crippen molar-refractivity contribution in [1.82, 2.24) is 0 Å². The number of benzene rings is 1. The molecule has 1 aromatic carbocycles. The smallest absolute Gasteiger partial charge is 0.312 e. The van der Waals surface area contributed by atoms with Crippen LogP contribution >= 0.6 is 0 Å². The van der Waals surface area contributed by atoms with Gasteiger partial charge in [-0.3, -0.25) is 9.59 Å². The van der Waals surface area contributed by atoms with E-state index in [1.54, 1.807) is 26.0 Å². The van der Waals surface area contributed by atoms with Crippen LogP contribution in [0, 0.1) is 12.3 Å². The highest BCUT2D eigenvalue weighted by Crippen LogP contribution is 2.22. The lowest BCUT2D eigenvalue weighted by atomic mass is 9.95. The van der Waals surface area contributed by atoms with Gasteiger partial charge in [0.05, 0.1) is 11.0 Å². The molecule has 0 heterocycles. The summed E-state index contributed by atoms with van der Waals surface area (Å²) in [5, 5.41) is 8.94. The molecule has 1 N–H and O–H groups in total. The van der Waals surface area contributed by atoms with Crippen molar-refractivity contribution in [3.05, 3.63) is 29.3 Å². The minimum Gasteiger partial charge on any atom is -0.492 e. The van der Waals surface area contributed by atoms with E-state index in [4.69, 9.17) is 9.84 Å². The Balaban J connectivity index is 2.83. The Morgan fingerprint density at radius 3 is 2.65 bits per heavy atom. The standard InChI is InChI=1S/C13H16O4/c1-9-4-5-11(10(6-9)7-14)17-8-13(2,3)12(15)16/h4-7H,8H2,1-3H3,(H,15,16). The van der Waals surface area contributed by atoms with Gasteiger partial charge in [0.2, 0.25) is 0 Å². The third kappa shape index (κ3) is 3.31. The molecule has 0 fully saturated rings. The molecule has 4 nitrogen and oxygen atoms in total. The molecule has 0 unspecified atom stereocenters. The average molecular weight is 236 g/mol. The summed E-state index contributed by atoms with van der Waals surface area (Å²) in [6, 6.07) is 5.20. The van der Waals surface area contributed by atoms with Gasteiger partial charge >= 0.3 is 5.97 Å². The van der Waals surface area contributed by atoms with Crippen molar-refractivity contribution in [3.63, 3.8) is 0 Å². The number of hydrogen-bond donors (Lipinski definition) is 1. The van der Waals surface area contributed by atoms with Gasteiger partial charge in [-0.25, -0.2) is 0 Å². The van der Waals surface area contributed by atoms with Gasteiger partial charge in [-0.15, -0.1) is 0 Å². The van der Waals surface area contributed by atoms with Gasteiger partial charge in [0, 0.05) is 0 Å². The van der Waals surface area contributed by atoms with E-state index < -0.39 is 11.4 Å². The highest BCUT2D eigenvalue weighted by Gasteiger charge is 2.28. The van der Waals surface area contributed by atoms with Crippen molar-refractivity contribution in [2.45, 2.75) is 20.8 Å². The average Bonchev–Trinajstić information content (AvgIpc) is 2.27. The first-order valence-corrected chi connectivity index (χ1v) is 5.29. The van der Waals surface area contributed by atoms with E-state index in [0.29, 0.717) is 17.6 Å². The molecule has 0 aromatic heterocycles. The van der Waals surface area contributed by atoms with E-state index >= 15 is 0 Å². The number of carboxylic acids is 1. The Hall–Kier alpha value is -1.84. The summed E-state index contributed by atoms with van der Waals surface area (Å²) in [5.41, 5.74) is 0.411. The number of aldehydes is 1. The number of carbonyl (C=O) groups is 2. The van der Waals surface area contributed by atoms with Crippen molar-refractivity contribution in [1.29, 1.82) is 0 Å². The highest BCUT2D eigenvalue weighted by molar-refractivity contribution is 5.79. The number of rotatable bonds is 5. The molecule has 0 radical (unpaired) electrons. The normalized spacial score (nSPS) is 11.0. The van der Waals surface area contributed by atoms with E-state index in [9.17, 15) is 9.59 Å². The third-order valence-electron chi connectivity index (χ3n) is 2.46. The Morgan fingerprint density at radius 1 is 1.47 bits per heavy atom. The summed E-state index contributed by atoms with van der Waals surface area (Å²) in [4.78, 5) is 21.7. The summed E-state index contributed by atoms with van der Waals surface area (Å²) >= 11 is 0. The van der Waals surface area contributed by atoms with Crippen molar-refractivity contribution < 1.29 is 19.4 Å². The molecule has 0 saturated carbocycles. The molecule has 17 heavy (non-hydrogen) atoms. The fourth-order valence-electron chi connectivity index (χ4n) is 1.21. The molecular formula is C13H16O4. The fraction of sp³-hybridized carbons (Fsp3) is 0.385. The number of hydrogen-bond acceptors (Lipinski definition) is 3. The summed E-state index contributed by atoms with van der Waals surface area (Å²) in [7, 11) is 0. The second-order valence-electron chi connectivity index (χ2n) is 4.64. The van der Waals surface area contributed by atoms with Crippen LogP contribution in [-0.2, 0) is 4.79 Å². The first-order chi connectivity index (χ1) is 7.86. The zero-order valence-electron chi connectivity index (χ0n) is 10.2. The molecule has 1 aromatic rings. The Labute approximate surface area is 100 Å². The van der Waals surface area contributed by atoms with Crippen LogP contribution in [0.4, 0.5) is 0 Å². The number of ether oxygens (including phenoxy) is 1. The maximum Gasteiger partial charge on any atom is 0.312 e. The maximum absolute atomic E-state index is 10.9. The molecular weight excluding hydrogens is 220 g/mol. The first kappa shape index (κ1) is 13.2. The minimum absolute atomic E-state index is 0.0201. The molecule has 0 amide bonds. The van der Waals surface area contributed by atoms with Crippen molar-refractivity contribution in [2.75, 3.05) is 6.61 Å². The molecule has 4 heteroatoms. The van der Waals surface area contributed by atoms with Gasteiger partial charge < -0.3 is 9.84 Å². The topological polar surface area (TPSA) is 63.6 Å². The van der Waals surface area contributed by atoms with E-state index in [1.807, 2.05) is 13.0 Å². The minimum atomic E-state index is -0.981. The lowest BCUT2D eigenvalue weighted by Gasteiger charge is -2.20. The molecule has 0 bridgehead atoms. The maximum atomic E-state index is 10.9. The SMILES string of the molecule is Cc1ccc(OCC(C)(C)C(=O)O)c(C=O)c1. The van der Waals surface area contributed by atoms with Crippen molar-refractivity contribution in [3.8, 4) is 5.75 Å². The zero-order valence-corrected chi connectivity index (χ0v) is 10.2. The molecule has 0 aliphatic rings. The predicted molar refractivity (Wildman–Crippen MR) is 63.5 cm³/mol. The van der Waals surface area contributed by atoms with E-state index in [2.05, 4.69) is 0 Å². The summed E-state index contributed by atoms with van der Waals surface area (Å²) in [6.45, 7) is 5.04. The van der Waals surface area contributed by atoms with Crippen molar-refractivity contribution >= 4 is 12.3 Å². The quantitative estimate of drug-likeness (QED) is 0.797. The van der Waals surface area contributed by atoms with Crippen LogP contribution in [0.5, 0.6) is 5.75 Å². The Morgan fingerprint density at radius 2 is 2.12 bits per heavy atom. The predicted octanol–water partition coefficient (Wildman–Crippen LogP) is 2.30. The van der Waals surface area contributed by atoms with Gasteiger partial charge in [0.1, 0.15) is 12.4 Å². The lowest BCUT2D eigenvalue weighted by molar-refractivity contribution is -0.148. The highest BCUT2D eigenvalue weighted by atomic mass is 16.5. The van der Waals surface area contributed by atoms with Crippen LogP contribution in [0.3, 0.4) is 0 Å². The Kier molecular flexibility index (Phi) is 3.89. The van der Waals surface area contributed by atoms with E-state index in [-0.39, 0.29) is 6.61 Å².